The van der Waals surface area contributed by atoms with Gasteiger partial charge in [-0.2, -0.15) is 0 Å². The van der Waals surface area contributed by atoms with Crippen LogP contribution in [0, 0.1) is 0 Å². The number of primary amides is 1. The van der Waals surface area contributed by atoms with Crippen LogP contribution in [0.3, 0.4) is 0 Å². The van der Waals surface area contributed by atoms with Gasteiger partial charge in [0.05, 0.1) is 0 Å². The summed E-state index contributed by atoms with van der Waals surface area (Å²) in [6.45, 7) is 0. The van der Waals surface area contributed by atoms with Gasteiger partial charge in [0.25, 0.3) is 0 Å². The molecule has 1 amide bonds. The molecule has 0 aromatic heterocycles. The van der Waals surface area contributed by atoms with Crippen molar-refractivity contribution in [2.45, 2.75) is 12.5 Å². The first-order valence-electron chi connectivity index (χ1n) is 5.79. The number of nitrogens with two attached hydrogens (primary N) is 2. The molecule has 2 aromatic carbocycles. The molecule has 0 aliphatic rings. The first kappa shape index (κ1) is 13.0. The van der Waals surface area contributed by atoms with Crippen molar-refractivity contribution >= 4 is 22.6 Å². The first-order valence-corrected chi connectivity index (χ1v) is 5.79. The van der Waals surface area contributed by atoms with Gasteiger partial charge in [0.15, 0.2) is 0 Å². The van der Waals surface area contributed by atoms with Crippen LogP contribution in [0.5, 0.6) is 0 Å². The Hall–Kier alpha value is -2.40. The molecule has 2 rings (SSSR count). The fraction of sp³-hybridized carbons (Fsp3) is 0.143. The maximum atomic E-state index is 11.4. The number of hydrogen-bond acceptors (Lipinski definition) is 3. The summed E-state index contributed by atoms with van der Waals surface area (Å²) in [6.07, 6.45) is 0.203. The van der Waals surface area contributed by atoms with Gasteiger partial charge < -0.3 is 16.6 Å². The minimum absolute atomic E-state index is 0.203. The van der Waals surface area contributed by atoms with Crippen LogP contribution in [-0.4, -0.2) is 23.0 Å². The Kier molecular flexibility index (Phi) is 3.48. The molecule has 5 N–H and O–H groups in total. The molecule has 0 heterocycles. The number of carbonyl (C=O) groups excluding carboxylic acids is 1. The Bertz CT molecular complexity index is 652. The van der Waals surface area contributed by atoms with Crippen LogP contribution in [0.1, 0.15) is 15.9 Å². The minimum atomic E-state index is -1.05. The maximum Gasteiger partial charge on any atom is 0.320 e. The maximum absolute atomic E-state index is 11.4. The summed E-state index contributed by atoms with van der Waals surface area (Å²) in [5.41, 5.74) is 12.1. The highest BCUT2D eigenvalue weighted by atomic mass is 16.4. The van der Waals surface area contributed by atoms with Crippen LogP contribution in [0.25, 0.3) is 10.8 Å². The van der Waals surface area contributed by atoms with Crippen LogP contribution in [-0.2, 0) is 11.2 Å². The lowest BCUT2D eigenvalue weighted by Crippen LogP contribution is -2.32. The minimum Gasteiger partial charge on any atom is -0.480 e. The Morgan fingerprint density at radius 2 is 1.74 bits per heavy atom. The molecule has 0 bridgehead atoms. The van der Waals surface area contributed by atoms with Crippen LogP contribution in [0.4, 0.5) is 0 Å². The van der Waals surface area contributed by atoms with Crippen LogP contribution >= 0.6 is 0 Å². The quantitative estimate of drug-likeness (QED) is 0.757. The predicted molar refractivity (Wildman–Crippen MR) is 71.8 cm³/mol. The topological polar surface area (TPSA) is 106 Å². The molecule has 19 heavy (non-hydrogen) atoms. The summed E-state index contributed by atoms with van der Waals surface area (Å²) in [4.78, 5) is 22.2. The Morgan fingerprint density at radius 3 is 2.37 bits per heavy atom. The number of carboxylic acid groups (broad SMARTS) is 1. The zero-order chi connectivity index (χ0) is 14.0. The van der Waals surface area contributed by atoms with Gasteiger partial charge in [-0.3, -0.25) is 9.59 Å². The summed E-state index contributed by atoms with van der Waals surface area (Å²) in [5.74, 6) is -1.56. The molecule has 0 spiro atoms. The summed E-state index contributed by atoms with van der Waals surface area (Å²) >= 11 is 0. The molecule has 0 saturated carbocycles. The van der Waals surface area contributed by atoms with Gasteiger partial charge in [0.1, 0.15) is 6.04 Å². The lowest BCUT2D eigenvalue weighted by molar-refractivity contribution is -0.138. The lowest BCUT2D eigenvalue weighted by Gasteiger charge is -2.11. The zero-order valence-electron chi connectivity index (χ0n) is 10.2. The van der Waals surface area contributed by atoms with E-state index >= 15 is 0 Å². The van der Waals surface area contributed by atoms with Gasteiger partial charge >= 0.3 is 5.97 Å². The van der Waals surface area contributed by atoms with Gasteiger partial charge in [0.2, 0.25) is 5.91 Å². The van der Waals surface area contributed by atoms with E-state index in [-0.39, 0.29) is 6.42 Å². The van der Waals surface area contributed by atoms with Crippen molar-refractivity contribution in [3.63, 3.8) is 0 Å². The number of fused-ring (bicyclic) bond motifs is 1. The number of aliphatic carboxylic acids is 1. The number of benzene rings is 2. The van der Waals surface area contributed by atoms with E-state index in [2.05, 4.69) is 0 Å². The molecule has 1 atom stereocenters. The van der Waals surface area contributed by atoms with E-state index in [4.69, 9.17) is 16.6 Å². The average molecular weight is 258 g/mol. The smallest absolute Gasteiger partial charge is 0.320 e. The van der Waals surface area contributed by atoms with E-state index < -0.39 is 17.9 Å². The van der Waals surface area contributed by atoms with E-state index in [0.29, 0.717) is 10.9 Å². The van der Waals surface area contributed by atoms with Crippen molar-refractivity contribution < 1.29 is 14.7 Å². The molecule has 0 aliphatic heterocycles. The number of hydrogen-bond donors (Lipinski definition) is 3. The second-order valence-electron chi connectivity index (χ2n) is 4.33. The highest BCUT2D eigenvalue weighted by Gasteiger charge is 2.15. The molecular formula is C14H14N2O3. The van der Waals surface area contributed by atoms with E-state index in [1.54, 1.807) is 30.3 Å². The van der Waals surface area contributed by atoms with Crippen molar-refractivity contribution in [1.29, 1.82) is 0 Å². The van der Waals surface area contributed by atoms with Crippen molar-refractivity contribution in [2.75, 3.05) is 0 Å². The third kappa shape index (κ3) is 2.56. The average Bonchev–Trinajstić information content (AvgIpc) is 2.38. The number of rotatable bonds is 4. The standard InChI is InChI=1S/C14H14N2O3/c15-12(14(18)19)7-8-3-1-5-10-9(8)4-2-6-11(10)13(16)17/h1-6,12H,7,15H2,(H2,16,17)(H,18,19)/t12-/m0/s1. The fourth-order valence-corrected chi connectivity index (χ4v) is 2.09. The third-order valence-electron chi connectivity index (χ3n) is 3.03. The van der Waals surface area contributed by atoms with Crippen LogP contribution < -0.4 is 11.5 Å². The van der Waals surface area contributed by atoms with Gasteiger partial charge in [0, 0.05) is 5.56 Å². The van der Waals surface area contributed by atoms with Crippen molar-refractivity contribution in [3.8, 4) is 0 Å². The SMILES string of the molecule is NC(=O)c1cccc2c(C[C@H](N)C(=O)O)cccc12. The van der Waals surface area contributed by atoms with Crippen molar-refractivity contribution in [1.82, 2.24) is 0 Å². The summed E-state index contributed by atoms with van der Waals surface area (Å²) in [5, 5.41) is 10.4. The largest absolute Gasteiger partial charge is 0.480 e. The van der Waals surface area contributed by atoms with Gasteiger partial charge in [-0.1, -0.05) is 30.3 Å². The van der Waals surface area contributed by atoms with Crippen LogP contribution in [0.2, 0.25) is 0 Å². The van der Waals surface area contributed by atoms with E-state index in [0.717, 1.165) is 10.9 Å². The summed E-state index contributed by atoms with van der Waals surface area (Å²) < 4.78 is 0. The second kappa shape index (κ2) is 5.07. The summed E-state index contributed by atoms with van der Waals surface area (Å²) in [6, 6.07) is 9.57. The molecule has 5 heteroatoms. The molecule has 98 valence electrons. The lowest BCUT2D eigenvalue weighted by atomic mass is 9.96. The molecule has 0 unspecified atom stereocenters. The molecule has 0 aliphatic carbocycles. The number of carbonyl (C=O) groups is 2. The zero-order valence-corrected chi connectivity index (χ0v) is 10.2. The van der Waals surface area contributed by atoms with E-state index in [1.165, 1.54) is 0 Å². The summed E-state index contributed by atoms with van der Waals surface area (Å²) in [7, 11) is 0. The van der Waals surface area contributed by atoms with Crippen molar-refractivity contribution in [3.05, 3.63) is 47.5 Å². The molecule has 2 aromatic rings. The fourth-order valence-electron chi connectivity index (χ4n) is 2.09. The first-order chi connectivity index (χ1) is 9.00. The Labute approximate surface area is 109 Å². The third-order valence-corrected chi connectivity index (χ3v) is 3.03. The molecule has 0 saturated heterocycles. The molecular weight excluding hydrogens is 244 g/mol. The highest BCUT2D eigenvalue weighted by Crippen LogP contribution is 2.23. The normalized spacial score (nSPS) is 12.3. The Morgan fingerprint density at radius 1 is 1.11 bits per heavy atom. The van der Waals surface area contributed by atoms with E-state index in [1.807, 2.05) is 6.07 Å². The molecule has 0 radical (unpaired) electrons. The monoisotopic (exact) mass is 258 g/mol. The molecule has 0 fully saturated rings. The Balaban J connectivity index is 2.55. The van der Waals surface area contributed by atoms with Crippen molar-refractivity contribution in [2.24, 2.45) is 11.5 Å². The number of carboxylic acids is 1. The second-order valence-corrected chi connectivity index (χ2v) is 4.33. The van der Waals surface area contributed by atoms with Gasteiger partial charge in [-0.05, 0) is 28.8 Å². The predicted octanol–water partition coefficient (Wildman–Crippen LogP) is 0.893. The van der Waals surface area contributed by atoms with Crippen LogP contribution in [0.15, 0.2) is 36.4 Å². The van der Waals surface area contributed by atoms with Gasteiger partial charge in [-0.25, -0.2) is 0 Å². The van der Waals surface area contributed by atoms with E-state index in [9.17, 15) is 9.59 Å². The highest BCUT2D eigenvalue weighted by molar-refractivity contribution is 6.07. The van der Waals surface area contributed by atoms with Gasteiger partial charge in [-0.15, -0.1) is 0 Å². The number of amides is 1. The molecule has 5 nitrogen and oxygen atoms in total.